The molecule has 9 heteroatoms. The fourth-order valence-corrected chi connectivity index (χ4v) is 3.62. The van der Waals surface area contributed by atoms with Gasteiger partial charge in [-0.1, -0.05) is 6.92 Å². The smallest absolute Gasteiger partial charge is 0.338 e. The lowest BCUT2D eigenvalue weighted by Crippen LogP contribution is -2.26. The minimum atomic E-state index is -1.05. The third-order valence-corrected chi connectivity index (χ3v) is 5.26. The summed E-state index contributed by atoms with van der Waals surface area (Å²) in [6.45, 7) is 4.51. The van der Waals surface area contributed by atoms with Crippen LogP contribution in [0.1, 0.15) is 68.6 Å². The molecule has 32 heavy (non-hydrogen) atoms. The van der Waals surface area contributed by atoms with Crippen molar-refractivity contribution >= 4 is 17.8 Å². The summed E-state index contributed by atoms with van der Waals surface area (Å²) in [5.41, 5.74) is 2.73. The summed E-state index contributed by atoms with van der Waals surface area (Å²) in [7, 11) is 0. The topological polar surface area (TPSA) is 120 Å². The van der Waals surface area contributed by atoms with E-state index in [1.165, 1.54) is 24.3 Å². The molecule has 0 saturated carbocycles. The van der Waals surface area contributed by atoms with Crippen molar-refractivity contribution in [2.24, 2.45) is 0 Å². The number of aromatic nitrogens is 2. The zero-order valence-electron chi connectivity index (χ0n) is 18.3. The molecule has 1 aromatic carbocycles. The Kier molecular flexibility index (Phi) is 8.38. The SMILES string of the molecule is CCc1nn(CCCOC(=O)c2ccc(C(=O)O)cc2)c2c1C(=O)NCCCOCCC2. The first-order valence-corrected chi connectivity index (χ1v) is 11.0. The summed E-state index contributed by atoms with van der Waals surface area (Å²) in [6, 6.07) is 5.61. The molecule has 3 rings (SSSR count). The lowest BCUT2D eigenvalue weighted by atomic mass is 10.1. The number of fused-ring (bicyclic) bond motifs is 1. The molecule has 172 valence electrons. The average Bonchev–Trinajstić information content (AvgIpc) is 3.13. The van der Waals surface area contributed by atoms with Crippen molar-refractivity contribution in [1.29, 1.82) is 0 Å². The van der Waals surface area contributed by atoms with Crippen LogP contribution < -0.4 is 5.32 Å². The quantitative estimate of drug-likeness (QED) is 0.498. The van der Waals surface area contributed by atoms with Crippen molar-refractivity contribution < 1.29 is 29.0 Å². The second kappa shape index (κ2) is 11.4. The van der Waals surface area contributed by atoms with Crippen LogP contribution in [0.3, 0.4) is 0 Å². The Morgan fingerprint density at radius 2 is 1.91 bits per heavy atom. The van der Waals surface area contributed by atoms with E-state index < -0.39 is 11.9 Å². The molecule has 0 unspecified atom stereocenters. The Morgan fingerprint density at radius 3 is 2.62 bits per heavy atom. The van der Waals surface area contributed by atoms with Gasteiger partial charge in [0.25, 0.3) is 5.91 Å². The van der Waals surface area contributed by atoms with E-state index >= 15 is 0 Å². The van der Waals surface area contributed by atoms with E-state index in [9.17, 15) is 14.4 Å². The van der Waals surface area contributed by atoms with Crippen molar-refractivity contribution in [3.63, 3.8) is 0 Å². The van der Waals surface area contributed by atoms with Gasteiger partial charge in [-0.05, 0) is 49.9 Å². The minimum absolute atomic E-state index is 0.0961. The highest BCUT2D eigenvalue weighted by Gasteiger charge is 2.23. The molecule has 0 saturated heterocycles. The molecule has 1 amide bonds. The molecule has 0 fully saturated rings. The summed E-state index contributed by atoms with van der Waals surface area (Å²) in [4.78, 5) is 35.9. The molecule has 0 aliphatic carbocycles. The van der Waals surface area contributed by atoms with Crippen LogP contribution in [-0.4, -0.2) is 59.1 Å². The summed E-state index contributed by atoms with van der Waals surface area (Å²) in [6.07, 6.45) is 3.46. The maximum Gasteiger partial charge on any atom is 0.338 e. The van der Waals surface area contributed by atoms with Gasteiger partial charge in [-0.2, -0.15) is 5.10 Å². The first kappa shape index (κ1) is 23.5. The molecule has 0 atom stereocenters. The average molecular weight is 444 g/mol. The highest BCUT2D eigenvalue weighted by Crippen LogP contribution is 2.19. The van der Waals surface area contributed by atoms with Crippen LogP contribution in [0.25, 0.3) is 0 Å². The number of nitrogens with one attached hydrogen (secondary N) is 1. The van der Waals surface area contributed by atoms with Gasteiger partial charge >= 0.3 is 11.9 Å². The fraction of sp³-hybridized carbons (Fsp3) is 0.478. The fourth-order valence-electron chi connectivity index (χ4n) is 3.62. The third kappa shape index (κ3) is 5.94. The first-order chi connectivity index (χ1) is 15.5. The van der Waals surface area contributed by atoms with E-state index in [0.717, 1.165) is 24.2 Å². The van der Waals surface area contributed by atoms with Crippen LogP contribution in [0.15, 0.2) is 24.3 Å². The number of benzene rings is 1. The molecular weight excluding hydrogens is 414 g/mol. The molecule has 1 aliphatic heterocycles. The highest BCUT2D eigenvalue weighted by molar-refractivity contribution is 5.96. The van der Waals surface area contributed by atoms with E-state index in [1.54, 1.807) is 0 Å². The lowest BCUT2D eigenvalue weighted by Gasteiger charge is -2.10. The van der Waals surface area contributed by atoms with Gasteiger partial charge in [0.1, 0.15) is 0 Å². The molecule has 2 heterocycles. The van der Waals surface area contributed by atoms with Gasteiger partial charge in [0, 0.05) is 32.7 Å². The number of esters is 1. The van der Waals surface area contributed by atoms with Crippen molar-refractivity contribution in [3.05, 3.63) is 52.3 Å². The largest absolute Gasteiger partial charge is 0.478 e. The van der Waals surface area contributed by atoms with Gasteiger partial charge in [0.05, 0.1) is 34.7 Å². The number of hydrogen-bond donors (Lipinski definition) is 2. The van der Waals surface area contributed by atoms with Gasteiger partial charge in [0.15, 0.2) is 0 Å². The predicted molar refractivity (Wildman–Crippen MR) is 116 cm³/mol. The van der Waals surface area contributed by atoms with Crippen LogP contribution in [0.4, 0.5) is 0 Å². The lowest BCUT2D eigenvalue weighted by molar-refractivity contribution is 0.0493. The summed E-state index contributed by atoms with van der Waals surface area (Å²) in [5.74, 6) is -1.65. The van der Waals surface area contributed by atoms with Crippen LogP contribution in [0.2, 0.25) is 0 Å². The second-order valence-electron chi connectivity index (χ2n) is 7.54. The number of carbonyl (C=O) groups is 3. The normalized spacial score (nSPS) is 14.7. The van der Waals surface area contributed by atoms with E-state index in [-0.39, 0.29) is 18.1 Å². The molecule has 2 N–H and O–H groups in total. The Morgan fingerprint density at radius 1 is 1.19 bits per heavy atom. The molecular formula is C23H29N3O6. The van der Waals surface area contributed by atoms with Crippen LogP contribution in [0.5, 0.6) is 0 Å². The Hall–Kier alpha value is -3.20. The van der Waals surface area contributed by atoms with Crippen molar-refractivity contribution in [2.75, 3.05) is 26.4 Å². The zero-order chi connectivity index (χ0) is 22.9. The Labute approximate surface area is 186 Å². The number of ether oxygens (including phenoxy) is 2. The van der Waals surface area contributed by atoms with Crippen LogP contribution in [-0.2, 0) is 28.9 Å². The molecule has 1 aliphatic rings. The number of aryl methyl sites for hydroxylation is 2. The van der Waals surface area contributed by atoms with E-state index in [4.69, 9.17) is 14.6 Å². The predicted octanol–water partition coefficient (Wildman–Crippen LogP) is 2.47. The molecule has 0 bridgehead atoms. The minimum Gasteiger partial charge on any atom is -0.478 e. The van der Waals surface area contributed by atoms with E-state index in [1.807, 2.05) is 11.6 Å². The first-order valence-electron chi connectivity index (χ1n) is 11.0. The zero-order valence-corrected chi connectivity index (χ0v) is 18.3. The standard InChI is InChI=1S/C23H29N3O6/c1-2-18-20-19(6-3-13-31-14-4-11-24-21(20)27)26(25-18)12-5-15-32-23(30)17-9-7-16(8-10-17)22(28)29/h7-10H,2-6,11-15H2,1H3,(H,24,27)(H,28,29). The number of carbonyl (C=O) groups excluding carboxylic acids is 2. The van der Waals surface area contributed by atoms with E-state index in [0.29, 0.717) is 56.7 Å². The van der Waals surface area contributed by atoms with Crippen LogP contribution in [0, 0.1) is 0 Å². The number of hydrogen-bond acceptors (Lipinski definition) is 6. The molecule has 9 nitrogen and oxygen atoms in total. The van der Waals surface area contributed by atoms with Crippen molar-refractivity contribution in [3.8, 4) is 0 Å². The highest BCUT2D eigenvalue weighted by atomic mass is 16.5. The summed E-state index contributed by atoms with van der Waals surface area (Å²) in [5, 5.41) is 16.5. The maximum absolute atomic E-state index is 12.8. The second-order valence-corrected chi connectivity index (χ2v) is 7.54. The number of rotatable bonds is 7. The van der Waals surface area contributed by atoms with Crippen LogP contribution >= 0.6 is 0 Å². The van der Waals surface area contributed by atoms with Crippen molar-refractivity contribution in [2.45, 2.75) is 45.6 Å². The molecule has 2 aromatic rings. The van der Waals surface area contributed by atoms with Gasteiger partial charge in [-0.3, -0.25) is 9.48 Å². The number of aromatic carboxylic acids is 1. The monoisotopic (exact) mass is 443 g/mol. The van der Waals surface area contributed by atoms with E-state index in [2.05, 4.69) is 10.4 Å². The number of carboxylic acids is 1. The molecule has 1 aromatic heterocycles. The Balaban J connectivity index is 1.62. The van der Waals surface area contributed by atoms with Gasteiger partial charge in [0.2, 0.25) is 0 Å². The summed E-state index contributed by atoms with van der Waals surface area (Å²) < 4.78 is 12.8. The number of carboxylic acid groups (broad SMARTS) is 1. The molecule has 0 radical (unpaired) electrons. The van der Waals surface area contributed by atoms with Crippen molar-refractivity contribution in [1.82, 2.24) is 15.1 Å². The third-order valence-electron chi connectivity index (χ3n) is 5.26. The van der Waals surface area contributed by atoms with Gasteiger partial charge < -0.3 is 19.9 Å². The van der Waals surface area contributed by atoms with Gasteiger partial charge in [-0.25, -0.2) is 9.59 Å². The van der Waals surface area contributed by atoms with Gasteiger partial charge in [-0.15, -0.1) is 0 Å². The summed E-state index contributed by atoms with van der Waals surface area (Å²) >= 11 is 0. The number of amides is 1. The number of nitrogens with zero attached hydrogens (tertiary/aromatic N) is 2. The Bertz CT molecular complexity index is 951. The molecule has 0 spiro atoms. The maximum atomic E-state index is 12.8.